The van der Waals surface area contributed by atoms with Crippen molar-refractivity contribution >= 4 is 33.2 Å². The fourth-order valence-corrected chi connectivity index (χ4v) is 3.50. The molecule has 4 nitrogen and oxygen atoms in total. The van der Waals surface area contributed by atoms with Crippen molar-refractivity contribution in [3.05, 3.63) is 28.2 Å². The standard InChI is InChI=1S/C10H14Cl2N2O2S/c1-13-6-3-7-14-17(15,16)10-8(11)4-2-5-9(10)12/h2,4-5,13-14H,3,6-7H2,1H3. The van der Waals surface area contributed by atoms with Crippen LogP contribution in [0.25, 0.3) is 0 Å². The van der Waals surface area contributed by atoms with E-state index in [9.17, 15) is 8.42 Å². The molecule has 0 unspecified atom stereocenters. The molecule has 96 valence electrons. The predicted molar refractivity (Wildman–Crippen MR) is 70.2 cm³/mol. The topological polar surface area (TPSA) is 58.2 Å². The highest BCUT2D eigenvalue weighted by molar-refractivity contribution is 7.89. The average Bonchev–Trinajstić information content (AvgIpc) is 2.24. The van der Waals surface area contributed by atoms with Crippen LogP contribution >= 0.6 is 23.2 Å². The number of nitrogens with one attached hydrogen (secondary N) is 2. The first-order valence-corrected chi connectivity index (χ1v) is 7.31. The minimum atomic E-state index is -3.64. The van der Waals surface area contributed by atoms with Crippen molar-refractivity contribution in [2.24, 2.45) is 0 Å². The van der Waals surface area contributed by atoms with Crippen LogP contribution in [0.4, 0.5) is 0 Å². The first kappa shape index (κ1) is 14.7. The molecule has 0 aromatic heterocycles. The smallest absolute Gasteiger partial charge is 0.243 e. The Bertz CT molecular complexity index is 457. The Morgan fingerprint density at radius 3 is 2.29 bits per heavy atom. The van der Waals surface area contributed by atoms with Gasteiger partial charge in [-0.15, -0.1) is 0 Å². The van der Waals surface area contributed by atoms with Crippen LogP contribution in [0.1, 0.15) is 6.42 Å². The van der Waals surface area contributed by atoms with Crippen LogP contribution in [-0.4, -0.2) is 28.6 Å². The Morgan fingerprint density at radius 1 is 1.18 bits per heavy atom. The van der Waals surface area contributed by atoms with Gasteiger partial charge in [0.2, 0.25) is 10.0 Å². The van der Waals surface area contributed by atoms with Crippen LogP contribution in [0.15, 0.2) is 23.1 Å². The molecule has 0 fully saturated rings. The molecule has 1 rings (SSSR count). The van der Waals surface area contributed by atoms with Crippen molar-refractivity contribution < 1.29 is 8.42 Å². The summed E-state index contributed by atoms with van der Waals surface area (Å²) in [7, 11) is -1.84. The Balaban J connectivity index is 2.83. The molecule has 0 atom stereocenters. The Morgan fingerprint density at radius 2 is 1.76 bits per heavy atom. The molecule has 1 aromatic carbocycles. The number of hydrogen-bond acceptors (Lipinski definition) is 3. The van der Waals surface area contributed by atoms with Gasteiger partial charge in [-0.25, -0.2) is 13.1 Å². The maximum atomic E-state index is 11.9. The van der Waals surface area contributed by atoms with Gasteiger partial charge in [-0.2, -0.15) is 0 Å². The molecule has 7 heteroatoms. The van der Waals surface area contributed by atoms with Gasteiger partial charge in [-0.1, -0.05) is 29.3 Å². The summed E-state index contributed by atoms with van der Waals surface area (Å²) >= 11 is 11.7. The van der Waals surface area contributed by atoms with Gasteiger partial charge in [0.15, 0.2) is 0 Å². The van der Waals surface area contributed by atoms with Crippen molar-refractivity contribution in [2.45, 2.75) is 11.3 Å². The van der Waals surface area contributed by atoms with E-state index in [2.05, 4.69) is 10.0 Å². The lowest BCUT2D eigenvalue weighted by molar-refractivity contribution is 0.577. The van der Waals surface area contributed by atoms with E-state index in [-0.39, 0.29) is 14.9 Å². The Kier molecular flexibility index (Phi) is 5.69. The van der Waals surface area contributed by atoms with E-state index in [0.717, 1.165) is 6.54 Å². The second kappa shape index (κ2) is 6.56. The van der Waals surface area contributed by atoms with Gasteiger partial charge in [0.05, 0.1) is 10.0 Å². The summed E-state index contributed by atoms with van der Waals surface area (Å²) in [6.07, 6.45) is 0.692. The number of hydrogen-bond donors (Lipinski definition) is 2. The van der Waals surface area contributed by atoms with E-state index >= 15 is 0 Å². The summed E-state index contributed by atoms with van der Waals surface area (Å²) < 4.78 is 26.3. The lowest BCUT2D eigenvalue weighted by Gasteiger charge is -2.09. The fourth-order valence-electron chi connectivity index (χ4n) is 1.28. The van der Waals surface area contributed by atoms with E-state index in [1.165, 1.54) is 12.1 Å². The SMILES string of the molecule is CNCCCNS(=O)(=O)c1c(Cl)cccc1Cl. The molecule has 1 aromatic rings. The van der Waals surface area contributed by atoms with Gasteiger partial charge < -0.3 is 5.32 Å². The molecular formula is C10H14Cl2N2O2S. The van der Waals surface area contributed by atoms with Gasteiger partial charge in [-0.3, -0.25) is 0 Å². The highest BCUT2D eigenvalue weighted by Crippen LogP contribution is 2.28. The number of benzene rings is 1. The van der Waals surface area contributed by atoms with E-state index < -0.39 is 10.0 Å². The molecule has 0 amide bonds. The molecule has 0 heterocycles. The molecule has 0 aliphatic carbocycles. The van der Waals surface area contributed by atoms with Crippen LogP contribution in [0.5, 0.6) is 0 Å². The van der Waals surface area contributed by atoms with Gasteiger partial charge in [0.1, 0.15) is 4.90 Å². The molecular weight excluding hydrogens is 283 g/mol. The van der Waals surface area contributed by atoms with Crippen molar-refractivity contribution in [1.29, 1.82) is 0 Å². The van der Waals surface area contributed by atoms with Crippen LogP contribution in [0.3, 0.4) is 0 Å². The summed E-state index contributed by atoms with van der Waals surface area (Å²) in [6.45, 7) is 1.07. The van der Waals surface area contributed by atoms with Crippen molar-refractivity contribution in [3.8, 4) is 0 Å². The molecule has 0 saturated carbocycles. The maximum absolute atomic E-state index is 11.9. The average molecular weight is 297 g/mol. The maximum Gasteiger partial charge on any atom is 0.243 e. The zero-order chi connectivity index (χ0) is 12.9. The lowest BCUT2D eigenvalue weighted by atomic mass is 10.4. The minimum Gasteiger partial charge on any atom is -0.320 e. The van der Waals surface area contributed by atoms with Crippen molar-refractivity contribution in [2.75, 3.05) is 20.1 Å². The molecule has 0 radical (unpaired) electrons. The fraction of sp³-hybridized carbons (Fsp3) is 0.400. The molecule has 17 heavy (non-hydrogen) atoms. The Labute approximate surface area is 111 Å². The molecule has 0 bridgehead atoms. The summed E-state index contributed by atoms with van der Waals surface area (Å²) in [5.41, 5.74) is 0. The highest BCUT2D eigenvalue weighted by Gasteiger charge is 2.20. The molecule has 2 N–H and O–H groups in total. The lowest BCUT2D eigenvalue weighted by Crippen LogP contribution is -2.27. The zero-order valence-electron chi connectivity index (χ0n) is 9.33. The van der Waals surface area contributed by atoms with E-state index in [1.807, 2.05) is 0 Å². The predicted octanol–water partition coefficient (Wildman–Crippen LogP) is 1.88. The van der Waals surface area contributed by atoms with Gasteiger partial charge in [0.25, 0.3) is 0 Å². The highest BCUT2D eigenvalue weighted by atomic mass is 35.5. The van der Waals surface area contributed by atoms with Crippen LogP contribution in [0, 0.1) is 0 Å². The van der Waals surface area contributed by atoms with E-state index in [1.54, 1.807) is 13.1 Å². The van der Waals surface area contributed by atoms with E-state index in [0.29, 0.717) is 13.0 Å². The number of halogens is 2. The van der Waals surface area contributed by atoms with Crippen LogP contribution < -0.4 is 10.0 Å². The Hall–Kier alpha value is -0.330. The molecule has 0 aliphatic rings. The van der Waals surface area contributed by atoms with Crippen LogP contribution in [-0.2, 0) is 10.0 Å². The first-order valence-electron chi connectivity index (χ1n) is 5.07. The van der Waals surface area contributed by atoms with Gasteiger partial charge in [0, 0.05) is 6.54 Å². The normalized spacial score (nSPS) is 11.7. The minimum absolute atomic E-state index is 0.0622. The largest absolute Gasteiger partial charge is 0.320 e. The molecule has 0 saturated heterocycles. The van der Waals surface area contributed by atoms with Gasteiger partial charge in [-0.05, 0) is 32.1 Å². The van der Waals surface area contributed by atoms with E-state index in [4.69, 9.17) is 23.2 Å². The van der Waals surface area contributed by atoms with Gasteiger partial charge >= 0.3 is 0 Å². The summed E-state index contributed by atoms with van der Waals surface area (Å²) in [6, 6.07) is 4.59. The van der Waals surface area contributed by atoms with Crippen molar-refractivity contribution in [3.63, 3.8) is 0 Å². The number of sulfonamides is 1. The molecule has 0 spiro atoms. The summed E-state index contributed by atoms with van der Waals surface area (Å²) in [5, 5.41) is 3.18. The van der Waals surface area contributed by atoms with Crippen LogP contribution in [0.2, 0.25) is 10.0 Å². The third-order valence-electron chi connectivity index (χ3n) is 2.08. The zero-order valence-corrected chi connectivity index (χ0v) is 11.7. The second-order valence-electron chi connectivity index (χ2n) is 3.41. The van der Waals surface area contributed by atoms with Crippen molar-refractivity contribution in [1.82, 2.24) is 10.0 Å². The first-order chi connectivity index (χ1) is 7.99. The third kappa shape index (κ3) is 4.12. The monoisotopic (exact) mass is 296 g/mol. The number of rotatable bonds is 6. The second-order valence-corrected chi connectivity index (χ2v) is 5.92. The molecule has 0 aliphatic heterocycles. The quantitative estimate of drug-likeness (QED) is 0.788. The summed E-state index contributed by atoms with van der Waals surface area (Å²) in [5.74, 6) is 0. The third-order valence-corrected chi connectivity index (χ3v) is 4.50. The summed E-state index contributed by atoms with van der Waals surface area (Å²) in [4.78, 5) is -0.0622.